The molecule has 1 aromatic heterocycles. The van der Waals surface area contributed by atoms with Crippen LogP contribution in [0.2, 0.25) is 0 Å². The Bertz CT molecular complexity index is 555. The van der Waals surface area contributed by atoms with E-state index in [0.717, 1.165) is 12.0 Å². The molecule has 2 rings (SSSR count). The minimum Gasteiger partial charge on any atom is -0.492 e. The molecular weight excluding hydrogens is 258 g/mol. The SMILES string of the molecule is CCOc1ccc(-c2nnnn2CCCOC)cc1N. The van der Waals surface area contributed by atoms with Gasteiger partial charge in [-0.25, -0.2) is 4.68 Å². The molecule has 0 aliphatic carbocycles. The van der Waals surface area contributed by atoms with Crippen molar-refractivity contribution in [1.29, 1.82) is 0 Å². The molecule has 0 saturated carbocycles. The van der Waals surface area contributed by atoms with E-state index in [0.29, 0.717) is 37.0 Å². The van der Waals surface area contributed by atoms with Gasteiger partial charge >= 0.3 is 0 Å². The summed E-state index contributed by atoms with van der Waals surface area (Å²) < 4.78 is 12.2. The summed E-state index contributed by atoms with van der Waals surface area (Å²) in [5, 5.41) is 11.7. The Hall–Kier alpha value is -2.15. The predicted octanol–water partition coefficient (Wildman–Crippen LogP) is 1.36. The molecule has 0 saturated heterocycles. The number of nitrogens with zero attached hydrogens (tertiary/aromatic N) is 4. The lowest BCUT2D eigenvalue weighted by Gasteiger charge is -2.09. The molecule has 1 heterocycles. The maximum atomic E-state index is 5.96. The van der Waals surface area contributed by atoms with Gasteiger partial charge in [0.05, 0.1) is 12.3 Å². The van der Waals surface area contributed by atoms with Crippen LogP contribution in [0.25, 0.3) is 11.4 Å². The largest absolute Gasteiger partial charge is 0.492 e. The Kier molecular flexibility index (Phi) is 4.89. The Morgan fingerprint density at radius 3 is 2.90 bits per heavy atom. The van der Waals surface area contributed by atoms with Crippen molar-refractivity contribution in [2.24, 2.45) is 0 Å². The number of methoxy groups -OCH3 is 1. The van der Waals surface area contributed by atoms with E-state index in [9.17, 15) is 0 Å². The highest BCUT2D eigenvalue weighted by molar-refractivity contribution is 5.66. The normalized spacial score (nSPS) is 10.7. The fraction of sp³-hybridized carbons (Fsp3) is 0.462. The van der Waals surface area contributed by atoms with Crippen LogP contribution in [-0.2, 0) is 11.3 Å². The van der Waals surface area contributed by atoms with Gasteiger partial charge in [-0.05, 0) is 42.0 Å². The third kappa shape index (κ3) is 3.24. The van der Waals surface area contributed by atoms with Crippen LogP contribution in [0.4, 0.5) is 5.69 Å². The molecule has 108 valence electrons. The summed E-state index contributed by atoms with van der Waals surface area (Å²) in [7, 11) is 1.67. The highest BCUT2D eigenvalue weighted by Gasteiger charge is 2.10. The molecule has 0 aliphatic heterocycles. The summed E-state index contributed by atoms with van der Waals surface area (Å²) in [5.41, 5.74) is 7.41. The first-order valence-electron chi connectivity index (χ1n) is 6.54. The van der Waals surface area contributed by atoms with Crippen LogP contribution in [0.1, 0.15) is 13.3 Å². The van der Waals surface area contributed by atoms with Crippen LogP contribution in [0.5, 0.6) is 5.75 Å². The molecule has 0 spiro atoms. The molecule has 0 bridgehead atoms. The van der Waals surface area contributed by atoms with Crippen molar-refractivity contribution >= 4 is 5.69 Å². The average molecular weight is 277 g/mol. The van der Waals surface area contributed by atoms with Gasteiger partial charge in [0.1, 0.15) is 5.75 Å². The monoisotopic (exact) mass is 277 g/mol. The van der Waals surface area contributed by atoms with Gasteiger partial charge in [-0.2, -0.15) is 0 Å². The number of nitrogens with two attached hydrogens (primary N) is 1. The molecule has 7 nitrogen and oxygen atoms in total. The average Bonchev–Trinajstić information content (AvgIpc) is 2.90. The van der Waals surface area contributed by atoms with E-state index in [-0.39, 0.29) is 0 Å². The second-order valence-electron chi connectivity index (χ2n) is 4.26. The lowest BCUT2D eigenvalue weighted by molar-refractivity contribution is 0.189. The van der Waals surface area contributed by atoms with Crippen LogP contribution in [-0.4, -0.2) is 40.5 Å². The molecule has 0 fully saturated rings. The molecule has 0 amide bonds. The molecule has 1 aromatic carbocycles. The van der Waals surface area contributed by atoms with Crippen LogP contribution in [0, 0.1) is 0 Å². The number of benzene rings is 1. The Morgan fingerprint density at radius 1 is 1.35 bits per heavy atom. The summed E-state index contributed by atoms with van der Waals surface area (Å²) in [6, 6.07) is 5.56. The van der Waals surface area contributed by atoms with Crippen LogP contribution < -0.4 is 10.5 Å². The Morgan fingerprint density at radius 2 is 2.20 bits per heavy atom. The Labute approximate surface area is 117 Å². The van der Waals surface area contributed by atoms with E-state index in [4.69, 9.17) is 15.2 Å². The molecule has 20 heavy (non-hydrogen) atoms. The highest BCUT2D eigenvalue weighted by Crippen LogP contribution is 2.27. The first-order chi connectivity index (χ1) is 9.76. The van der Waals surface area contributed by atoms with Gasteiger partial charge in [0.15, 0.2) is 5.82 Å². The van der Waals surface area contributed by atoms with Crippen LogP contribution in [0.15, 0.2) is 18.2 Å². The molecule has 0 atom stereocenters. The van der Waals surface area contributed by atoms with Gasteiger partial charge in [-0.15, -0.1) is 5.10 Å². The lowest BCUT2D eigenvalue weighted by Crippen LogP contribution is -2.06. The maximum absolute atomic E-state index is 5.96. The van der Waals surface area contributed by atoms with Crippen molar-refractivity contribution in [2.45, 2.75) is 19.9 Å². The quantitative estimate of drug-likeness (QED) is 0.607. The Balaban J connectivity index is 2.19. The third-order valence-electron chi connectivity index (χ3n) is 2.82. The van der Waals surface area contributed by atoms with Gasteiger partial charge in [-0.1, -0.05) is 0 Å². The van der Waals surface area contributed by atoms with Crippen molar-refractivity contribution < 1.29 is 9.47 Å². The number of hydrogen-bond acceptors (Lipinski definition) is 6. The van der Waals surface area contributed by atoms with E-state index in [1.54, 1.807) is 11.8 Å². The summed E-state index contributed by atoms with van der Waals surface area (Å²) in [6.07, 6.45) is 0.848. The second kappa shape index (κ2) is 6.85. The van der Waals surface area contributed by atoms with Crippen molar-refractivity contribution in [3.05, 3.63) is 18.2 Å². The number of aryl methyl sites for hydroxylation is 1. The van der Waals surface area contributed by atoms with E-state index < -0.39 is 0 Å². The van der Waals surface area contributed by atoms with E-state index >= 15 is 0 Å². The predicted molar refractivity (Wildman–Crippen MR) is 75.3 cm³/mol. The van der Waals surface area contributed by atoms with Crippen LogP contribution in [0.3, 0.4) is 0 Å². The summed E-state index contributed by atoms with van der Waals surface area (Å²) >= 11 is 0. The van der Waals surface area contributed by atoms with E-state index in [2.05, 4.69) is 15.5 Å². The number of rotatable bonds is 7. The maximum Gasteiger partial charge on any atom is 0.182 e. The zero-order valence-electron chi connectivity index (χ0n) is 11.7. The standard InChI is InChI=1S/C13H19N5O2/c1-3-20-12-6-5-10(9-11(12)14)13-15-16-17-18(13)7-4-8-19-2/h5-6,9H,3-4,7-8,14H2,1-2H3. The fourth-order valence-electron chi connectivity index (χ4n) is 1.90. The topological polar surface area (TPSA) is 88.1 Å². The summed E-state index contributed by atoms with van der Waals surface area (Å²) in [4.78, 5) is 0. The van der Waals surface area contributed by atoms with Gasteiger partial charge in [0, 0.05) is 25.8 Å². The number of aromatic nitrogens is 4. The third-order valence-corrected chi connectivity index (χ3v) is 2.82. The van der Waals surface area contributed by atoms with E-state index in [1.165, 1.54) is 0 Å². The van der Waals surface area contributed by atoms with Gasteiger partial charge in [0.25, 0.3) is 0 Å². The number of ether oxygens (including phenoxy) is 2. The van der Waals surface area contributed by atoms with Gasteiger partial charge in [-0.3, -0.25) is 0 Å². The number of tetrazole rings is 1. The fourth-order valence-corrected chi connectivity index (χ4v) is 1.90. The molecular formula is C13H19N5O2. The zero-order chi connectivity index (χ0) is 14.4. The van der Waals surface area contributed by atoms with Crippen molar-refractivity contribution in [3.8, 4) is 17.1 Å². The molecule has 2 aromatic rings. The molecule has 0 aliphatic rings. The summed E-state index contributed by atoms with van der Waals surface area (Å²) in [6.45, 7) is 3.87. The van der Waals surface area contributed by atoms with Crippen molar-refractivity contribution in [2.75, 3.05) is 26.1 Å². The summed E-state index contributed by atoms with van der Waals surface area (Å²) in [5.74, 6) is 1.37. The van der Waals surface area contributed by atoms with Gasteiger partial charge in [0.2, 0.25) is 0 Å². The second-order valence-corrected chi connectivity index (χ2v) is 4.26. The lowest BCUT2D eigenvalue weighted by atomic mass is 10.1. The van der Waals surface area contributed by atoms with Crippen molar-refractivity contribution in [1.82, 2.24) is 20.2 Å². The molecule has 0 radical (unpaired) electrons. The number of nitrogen functional groups attached to an aromatic ring is 1. The van der Waals surface area contributed by atoms with Gasteiger partial charge < -0.3 is 15.2 Å². The molecule has 0 unspecified atom stereocenters. The van der Waals surface area contributed by atoms with Crippen molar-refractivity contribution in [3.63, 3.8) is 0 Å². The minimum atomic E-state index is 0.579. The first kappa shape index (κ1) is 14.3. The van der Waals surface area contributed by atoms with Crippen LogP contribution >= 0.6 is 0 Å². The molecule has 2 N–H and O–H groups in total. The zero-order valence-corrected chi connectivity index (χ0v) is 11.7. The first-order valence-corrected chi connectivity index (χ1v) is 6.54. The van der Waals surface area contributed by atoms with E-state index in [1.807, 2.05) is 25.1 Å². The minimum absolute atomic E-state index is 0.579. The highest BCUT2D eigenvalue weighted by atomic mass is 16.5. The number of anilines is 1. The number of hydrogen-bond donors (Lipinski definition) is 1. The smallest absolute Gasteiger partial charge is 0.182 e. The molecule has 7 heteroatoms.